The molecular weight excluding hydrogens is 446 g/mol. The van der Waals surface area contributed by atoms with Gasteiger partial charge in [0.1, 0.15) is 5.54 Å². The van der Waals surface area contributed by atoms with Crippen molar-refractivity contribution in [1.82, 2.24) is 0 Å². The van der Waals surface area contributed by atoms with Gasteiger partial charge >= 0.3 is 0 Å². The van der Waals surface area contributed by atoms with Crippen molar-refractivity contribution in [2.24, 2.45) is 0 Å². The first-order valence-corrected chi connectivity index (χ1v) is 15.3. The van der Waals surface area contributed by atoms with Crippen molar-refractivity contribution in [3.8, 4) is 0 Å². The second kappa shape index (κ2) is 23.6. The summed E-state index contributed by atoms with van der Waals surface area (Å²) in [5.41, 5.74) is 3.40. The van der Waals surface area contributed by atoms with Gasteiger partial charge in [-0.3, -0.25) is 0 Å². The molecule has 1 aromatic rings. The van der Waals surface area contributed by atoms with Crippen molar-refractivity contribution in [2.75, 3.05) is 0 Å². The van der Waals surface area contributed by atoms with E-state index in [-0.39, 0.29) is 17.9 Å². The van der Waals surface area contributed by atoms with Crippen molar-refractivity contribution in [2.45, 2.75) is 161 Å². The van der Waals surface area contributed by atoms with E-state index in [4.69, 9.17) is 0 Å². The number of hydrogen-bond acceptors (Lipinski definition) is 0. The van der Waals surface area contributed by atoms with Gasteiger partial charge in [0.2, 0.25) is 0 Å². The molecule has 0 fully saturated rings. The first-order valence-electron chi connectivity index (χ1n) is 15.3. The average molecular weight is 506 g/mol. The van der Waals surface area contributed by atoms with E-state index in [0.29, 0.717) is 0 Å². The molecule has 0 unspecified atom stereocenters. The molecule has 35 heavy (non-hydrogen) atoms. The highest BCUT2D eigenvalue weighted by Gasteiger charge is 2.35. The molecule has 0 radical (unpaired) electrons. The van der Waals surface area contributed by atoms with Crippen molar-refractivity contribution in [3.63, 3.8) is 0 Å². The molecule has 0 saturated heterocycles. The number of benzene rings is 1. The molecule has 204 valence electrons. The molecule has 0 atom stereocenters. The van der Waals surface area contributed by atoms with E-state index in [1.165, 1.54) is 135 Å². The molecule has 0 heterocycles. The molecule has 0 aliphatic heterocycles. The fourth-order valence-electron chi connectivity index (χ4n) is 5.64. The molecule has 0 amide bonds. The molecule has 2 heteroatoms. The van der Waals surface area contributed by atoms with E-state index in [1.807, 2.05) is 0 Å². The summed E-state index contributed by atoms with van der Waals surface area (Å²) < 4.78 is 0. The van der Waals surface area contributed by atoms with Gasteiger partial charge in [-0.2, -0.15) is 0 Å². The van der Waals surface area contributed by atoms with Gasteiger partial charge in [0.25, 0.3) is 0 Å². The fraction of sp³-hybridized carbons (Fsp3) is 0.758. The van der Waals surface area contributed by atoms with Crippen molar-refractivity contribution >= 4 is 0 Å². The Balaban J connectivity index is 0.0000116. The minimum atomic E-state index is 0. The molecule has 1 rings (SSSR count). The van der Waals surface area contributed by atoms with Crippen LogP contribution < -0.4 is 17.7 Å². The van der Waals surface area contributed by atoms with Gasteiger partial charge in [-0.1, -0.05) is 141 Å². The Hall–Kier alpha value is -0.790. The lowest BCUT2D eigenvalue weighted by molar-refractivity contribution is -0.681. The summed E-state index contributed by atoms with van der Waals surface area (Å²) in [6, 6.07) is 9.44. The van der Waals surface area contributed by atoms with Crippen LogP contribution >= 0.6 is 0 Å². The summed E-state index contributed by atoms with van der Waals surface area (Å²) in [5.74, 6) is 0. The predicted molar refractivity (Wildman–Crippen MR) is 153 cm³/mol. The lowest BCUT2D eigenvalue weighted by atomic mass is 9.77. The number of quaternary nitrogens is 1. The quantitative estimate of drug-likeness (QED) is 0.146. The third kappa shape index (κ3) is 15.1. The van der Waals surface area contributed by atoms with Gasteiger partial charge in [-0.15, -0.1) is 0 Å². The van der Waals surface area contributed by atoms with Crippen LogP contribution in [0.25, 0.3) is 0 Å². The summed E-state index contributed by atoms with van der Waals surface area (Å²) in [4.78, 5) is 0. The van der Waals surface area contributed by atoms with Crippen LogP contribution in [0.5, 0.6) is 0 Å². The Labute approximate surface area is 226 Å². The molecule has 0 bridgehead atoms. The largest absolute Gasteiger partial charge is 1.00 e. The summed E-state index contributed by atoms with van der Waals surface area (Å²) in [5, 5.41) is 2.49. The van der Waals surface area contributed by atoms with Gasteiger partial charge in [0, 0.05) is 18.4 Å². The van der Waals surface area contributed by atoms with Crippen LogP contribution in [0, 0.1) is 0 Å². The van der Waals surface area contributed by atoms with Gasteiger partial charge in [-0.05, 0) is 37.8 Å². The number of aryl methyl sites for hydroxylation is 1. The summed E-state index contributed by atoms with van der Waals surface area (Å²) in [6.45, 7) is 11.1. The Morgan fingerprint density at radius 3 is 1.54 bits per heavy atom. The highest BCUT2D eigenvalue weighted by molar-refractivity contribution is 5.32. The zero-order valence-electron chi connectivity index (χ0n) is 23.9. The van der Waals surface area contributed by atoms with E-state index < -0.39 is 0 Å². The van der Waals surface area contributed by atoms with E-state index in [1.54, 1.807) is 11.1 Å². The molecule has 1 nitrogen and oxygen atoms in total. The number of halogens is 1. The molecule has 2 N–H and O–H groups in total. The minimum absolute atomic E-state index is 0. The van der Waals surface area contributed by atoms with E-state index in [2.05, 4.69) is 63.1 Å². The zero-order chi connectivity index (χ0) is 24.7. The molecule has 1 aromatic carbocycles. The summed E-state index contributed by atoms with van der Waals surface area (Å²) in [7, 11) is 0. The molecule has 0 aliphatic carbocycles. The maximum Gasteiger partial charge on any atom is 0.126 e. The highest BCUT2D eigenvalue weighted by Crippen LogP contribution is 2.33. The number of nitrogens with two attached hydrogens (primary N) is 1. The van der Waals surface area contributed by atoms with Crippen molar-refractivity contribution < 1.29 is 17.7 Å². The standard InChI is InChI=1S/C33H59N.ClH/c1-5-9-12-15-18-21-26-31-27-22-23-28-32(31)33(34-8-4,29-24-19-16-13-10-6-2)30-25-20-17-14-11-7-3;/h8,22-23,27-28,34H,4-7,9-21,24-26,29-30H2,1-3H3;1H. The fourth-order valence-corrected chi connectivity index (χ4v) is 5.64. The first kappa shape index (κ1) is 34.2. The maximum absolute atomic E-state index is 4.19. The predicted octanol–water partition coefficient (Wildman–Crippen LogP) is 7.00. The van der Waals surface area contributed by atoms with Crippen LogP contribution in [0.1, 0.15) is 160 Å². The van der Waals surface area contributed by atoms with Crippen LogP contribution in [0.15, 0.2) is 37.0 Å². The maximum atomic E-state index is 4.19. The SMILES string of the molecule is C=C[NH2+]C(CCCCCCCC)(CCCCCCCC)c1ccccc1CCCCCCCC.[Cl-]. The van der Waals surface area contributed by atoms with Crippen LogP contribution in [-0.2, 0) is 12.0 Å². The Kier molecular flexibility index (Phi) is 23.1. The summed E-state index contributed by atoms with van der Waals surface area (Å²) >= 11 is 0. The van der Waals surface area contributed by atoms with Gasteiger partial charge in [-0.25, -0.2) is 0 Å². The van der Waals surface area contributed by atoms with Gasteiger partial charge in [0.05, 0.1) is 6.20 Å². The minimum Gasteiger partial charge on any atom is -1.00 e. The average Bonchev–Trinajstić information content (AvgIpc) is 2.85. The highest BCUT2D eigenvalue weighted by atomic mass is 35.5. The Morgan fingerprint density at radius 1 is 0.629 bits per heavy atom. The van der Waals surface area contributed by atoms with Gasteiger partial charge in [0.15, 0.2) is 0 Å². The Bertz CT molecular complexity index is 581. The smallest absolute Gasteiger partial charge is 0.126 e. The number of hydrogen-bond donors (Lipinski definition) is 1. The molecular formula is C33H60ClN. The Morgan fingerprint density at radius 2 is 1.06 bits per heavy atom. The van der Waals surface area contributed by atoms with E-state index in [9.17, 15) is 0 Å². The van der Waals surface area contributed by atoms with Crippen LogP contribution in [-0.4, -0.2) is 0 Å². The van der Waals surface area contributed by atoms with Crippen LogP contribution in [0.2, 0.25) is 0 Å². The van der Waals surface area contributed by atoms with Crippen LogP contribution in [0.3, 0.4) is 0 Å². The lowest BCUT2D eigenvalue weighted by Crippen LogP contribution is -3.00. The second-order valence-electron chi connectivity index (χ2n) is 10.8. The molecule has 0 aliphatic rings. The monoisotopic (exact) mass is 505 g/mol. The lowest BCUT2D eigenvalue weighted by Gasteiger charge is -2.33. The number of rotatable bonds is 24. The van der Waals surface area contributed by atoms with Crippen molar-refractivity contribution in [1.29, 1.82) is 0 Å². The second-order valence-corrected chi connectivity index (χ2v) is 10.8. The van der Waals surface area contributed by atoms with E-state index in [0.717, 1.165) is 0 Å². The number of unbranched alkanes of at least 4 members (excludes halogenated alkanes) is 15. The first-order chi connectivity index (χ1) is 16.7. The molecule has 0 spiro atoms. The molecule has 0 aromatic heterocycles. The molecule has 0 saturated carbocycles. The van der Waals surface area contributed by atoms with E-state index >= 15 is 0 Å². The topological polar surface area (TPSA) is 16.6 Å². The zero-order valence-corrected chi connectivity index (χ0v) is 24.7. The third-order valence-corrected chi connectivity index (χ3v) is 7.74. The third-order valence-electron chi connectivity index (χ3n) is 7.74. The summed E-state index contributed by atoms with van der Waals surface area (Å²) in [6.07, 6.45) is 30.6. The normalized spacial score (nSPS) is 11.4. The van der Waals surface area contributed by atoms with Crippen LogP contribution in [0.4, 0.5) is 0 Å². The van der Waals surface area contributed by atoms with Gasteiger partial charge < -0.3 is 17.7 Å². The van der Waals surface area contributed by atoms with Crippen molar-refractivity contribution in [3.05, 3.63) is 48.2 Å².